The highest BCUT2D eigenvalue weighted by Gasteiger charge is 2.34. The lowest BCUT2D eigenvalue weighted by molar-refractivity contribution is -0.0135. The molecular weight excluding hydrogens is 104 g/mol. The third-order valence-electron chi connectivity index (χ3n) is 1.85. The molecule has 2 heteroatoms. The van der Waals surface area contributed by atoms with Gasteiger partial charge in [0.1, 0.15) is 0 Å². The first-order valence-corrected chi connectivity index (χ1v) is 2.97. The minimum Gasteiger partial charge on any atom is -0.387 e. The van der Waals surface area contributed by atoms with E-state index in [0.717, 1.165) is 6.42 Å². The molecule has 0 amide bonds. The quantitative estimate of drug-likeness (QED) is 0.500. The van der Waals surface area contributed by atoms with Crippen molar-refractivity contribution in [3.8, 4) is 0 Å². The summed E-state index contributed by atoms with van der Waals surface area (Å²) in [6.07, 6.45) is 0.788. The molecule has 0 aromatic heterocycles. The third-order valence-corrected chi connectivity index (χ3v) is 1.85. The SMILES string of the molecule is CC1OCCC1(C)O. The highest BCUT2D eigenvalue weighted by molar-refractivity contribution is 4.84. The van der Waals surface area contributed by atoms with Crippen LogP contribution in [0.2, 0.25) is 0 Å². The van der Waals surface area contributed by atoms with Gasteiger partial charge in [-0.15, -0.1) is 0 Å². The van der Waals surface area contributed by atoms with E-state index in [1.165, 1.54) is 0 Å². The van der Waals surface area contributed by atoms with Gasteiger partial charge in [-0.3, -0.25) is 0 Å². The molecule has 48 valence electrons. The van der Waals surface area contributed by atoms with Gasteiger partial charge in [-0.1, -0.05) is 0 Å². The Bertz CT molecular complexity index is 88.5. The monoisotopic (exact) mass is 116 g/mol. The van der Waals surface area contributed by atoms with Crippen LogP contribution in [0.4, 0.5) is 0 Å². The van der Waals surface area contributed by atoms with Crippen LogP contribution in [0, 0.1) is 0 Å². The summed E-state index contributed by atoms with van der Waals surface area (Å²) in [5.74, 6) is 0. The molecular formula is C6H12O2. The zero-order chi connectivity index (χ0) is 6.20. The van der Waals surface area contributed by atoms with E-state index in [-0.39, 0.29) is 6.10 Å². The molecule has 1 N–H and O–H groups in total. The minimum atomic E-state index is -0.569. The predicted molar refractivity (Wildman–Crippen MR) is 30.7 cm³/mol. The Morgan fingerprint density at radius 3 is 2.50 bits per heavy atom. The molecule has 0 bridgehead atoms. The molecule has 1 heterocycles. The van der Waals surface area contributed by atoms with Gasteiger partial charge >= 0.3 is 0 Å². The molecule has 2 unspecified atom stereocenters. The summed E-state index contributed by atoms with van der Waals surface area (Å²) < 4.78 is 5.12. The first-order chi connectivity index (χ1) is 3.63. The first kappa shape index (κ1) is 6.05. The van der Waals surface area contributed by atoms with Gasteiger partial charge in [-0.25, -0.2) is 0 Å². The van der Waals surface area contributed by atoms with Crippen LogP contribution >= 0.6 is 0 Å². The summed E-state index contributed by atoms with van der Waals surface area (Å²) in [7, 11) is 0. The zero-order valence-corrected chi connectivity index (χ0v) is 5.35. The van der Waals surface area contributed by atoms with Gasteiger partial charge in [0.05, 0.1) is 11.7 Å². The van der Waals surface area contributed by atoms with Crippen molar-refractivity contribution in [3.05, 3.63) is 0 Å². The summed E-state index contributed by atoms with van der Waals surface area (Å²) in [6.45, 7) is 4.41. The summed E-state index contributed by atoms with van der Waals surface area (Å²) in [5.41, 5.74) is -0.569. The maximum Gasteiger partial charge on any atom is 0.0899 e. The molecule has 0 aliphatic carbocycles. The minimum absolute atomic E-state index is 0.0162. The van der Waals surface area contributed by atoms with Crippen molar-refractivity contribution in [1.29, 1.82) is 0 Å². The maximum absolute atomic E-state index is 9.34. The number of ether oxygens (including phenoxy) is 1. The molecule has 0 aromatic carbocycles. The number of hydrogen-bond donors (Lipinski definition) is 1. The van der Waals surface area contributed by atoms with Crippen molar-refractivity contribution in [2.75, 3.05) is 6.61 Å². The lowest BCUT2D eigenvalue weighted by Crippen LogP contribution is -2.31. The van der Waals surface area contributed by atoms with Crippen LogP contribution in [0.15, 0.2) is 0 Å². The highest BCUT2D eigenvalue weighted by Crippen LogP contribution is 2.23. The summed E-state index contributed by atoms with van der Waals surface area (Å²) in [6, 6.07) is 0. The van der Waals surface area contributed by atoms with E-state index < -0.39 is 5.60 Å². The van der Waals surface area contributed by atoms with Crippen LogP contribution in [0.5, 0.6) is 0 Å². The van der Waals surface area contributed by atoms with Crippen LogP contribution in [0.3, 0.4) is 0 Å². The number of rotatable bonds is 0. The van der Waals surface area contributed by atoms with Crippen LogP contribution < -0.4 is 0 Å². The molecule has 0 radical (unpaired) electrons. The second-order valence-electron chi connectivity index (χ2n) is 2.62. The Kier molecular flexibility index (Phi) is 1.29. The van der Waals surface area contributed by atoms with Crippen molar-refractivity contribution >= 4 is 0 Å². The van der Waals surface area contributed by atoms with E-state index in [9.17, 15) is 5.11 Å². The molecule has 0 aromatic rings. The fourth-order valence-electron chi connectivity index (χ4n) is 0.825. The smallest absolute Gasteiger partial charge is 0.0899 e. The van der Waals surface area contributed by atoms with Crippen molar-refractivity contribution in [3.63, 3.8) is 0 Å². The number of hydrogen-bond acceptors (Lipinski definition) is 2. The molecule has 1 fully saturated rings. The average molecular weight is 116 g/mol. The first-order valence-electron chi connectivity index (χ1n) is 2.97. The molecule has 1 rings (SSSR count). The molecule has 2 atom stereocenters. The average Bonchev–Trinajstić information content (AvgIpc) is 1.86. The molecule has 2 nitrogen and oxygen atoms in total. The predicted octanol–water partition coefficient (Wildman–Crippen LogP) is 0.546. The molecule has 8 heavy (non-hydrogen) atoms. The van der Waals surface area contributed by atoms with Gasteiger partial charge in [0.2, 0.25) is 0 Å². The van der Waals surface area contributed by atoms with E-state index in [4.69, 9.17) is 4.74 Å². The zero-order valence-electron chi connectivity index (χ0n) is 5.35. The Labute approximate surface area is 49.5 Å². The molecule has 0 saturated carbocycles. The number of aliphatic hydroxyl groups is 1. The molecule has 0 spiro atoms. The second-order valence-corrected chi connectivity index (χ2v) is 2.62. The van der Waals surface area contributed by atoms with Crippen molar-refractivity contribution in [1.82, 2.24) is 0 Å². The Morgan fingerprint density at radius 2 is 2.38 bits per heavy atom. The van der Waals surface area contributed by atoms with Gasteiger partial charge < -0.3 is 9.84 Å². The summed E-state index contributed by atoms with van der Waals surface area (Å²) >= 11 is 0. The lowest BCUT2D eigenvalue weighted by atomic mass is 10.0. The van der Waals surface area contributed by atoms with Crippen LogP contribution in [-0.4, -0.2) is 23.4 Å². The van der Waals surface area contributed by atoms with E-state index in [0.29, 0.717) is 6.61 Å². The summed E-state index contributed by atoms with van der Waals surface area (Å²) in [4.78, 5) is 0. The Balaban J connectivity index is 2.54. The van der Waals surface area contributed by atoms with Crippen molar-refractivity contribution in [2.24, 2.45) is 0 Å². The van der Waals surface area contributed by atoms with Crippen LogP contribution in [-0.2, 0) is 4.74 Å². The highest BCUT2D eigenvalue weighted by atomic mass is 16.5. The molecule has 1 aliphatic rings. The molecule has 1 saturated heterocycles. The van der Waals surface area contributed by atoms with Crippen molar-refractivity contribution in [2.45, 2.75) is 32.0 Å². The van der Waals surface area contributed by atoms with Gasteiger partial charge in [0.15, 0.2) is 0 Å². The standard InChI is InChI=1S/C6H12O2/c1-5-6(2,7)3-4-8-5/h5,7H,3-4H2,1-2H3. The fourth-order valence-corrected chi connectivity index (χ4v) is 0.825. The van der Waals surface area contributed by atoms with E-state index in [1.54, 1.807) is 0 Å². The Morgan fingerprint density at radius 1 is 1.75 bits per heavy atom. The van der Waals surface area contributed by atoms with E-state index >= 15 is 0 Å². The van der Waals surface area contributed by atoms with Crippen LogP contribution in [0.25, 0.3) is 0 Å². The Hall–Kier alpha value is -0.0800. The summed E-state index contributed by atoms with van der Waals surface area (Å²) in [5, 5.41) is 9.34. The second kappa shape index (κ2) is 1.71. The van der Waals surface area contributed by atoms with Gasteiger partial charge in [0.25, 0.3) is 0 Å². The van der Waals surface area contributed by atoms with E-state index in [1.807, 2.05) is 13.8 Å². The van der Waals surface area contributed by atoms with Gasteiger partial charge in [0, 0.05) is 13.0 Å². The van der Waals surface area contributed by atoms with Gasteiger partial charge in [-0.2, -0.15) is 0 Å². The lowest BCUT2D eigenvalue weighted by Gasteiger charge is -2.19. The largest absolute Gasteiger partial charge is 0.387 e. The fraction of sp³-hybridized carbons (Fsp3) is 1.00. The van der Waals surface area contributed by atoms with E-state index in [2.05, 4.69) is 0 Å². The van der Waals surface area contributed by atoms with Crippen molar-refractivity contribution < 1.29 is 9.84 Å². The topological polar surface area (TPSA) is 29.5 Å². The third kappa shape index (κ3) is 0.858. The van der Waals surface area contributed by atoms with Gasteiger partial charge in [-0.05, 0) is 13.8 Å². The molecule has 1 aliphatic heterocycles. The van der Waals surface area contributed by atoms with Crippen LogP contribution in [0.1, 0.15) is 20.3 Å². The normalized spacial score (nSPS) is 47.6. The maximum atomic E-state index is 9.34.